The summed E-state index contributed by atoms with van der Waals surface area (Å²) in [6.45, 7) is 0.795. The first-order chi connectivity index (χ1) is 5.84. The lowest BCUT2D eigenvalue weighted by molar-refractivity contribution is -0.124. The smallest absolute Gasteiger partial charge is 0.135 e. The Balaban J connectivity index is 2.16. The van der Waals surface area contributed by atoms with Crippen molar-refractivity contribution in [1.29, 1.82) is 0 Å². The molecular formula is C10H18O2. The van der Waals surface area contributed by atoms with Crippen LogP contribution in [0.5, 0.6) is 0 Å². The van der Waals surface area contributed by atoms with E-state index in [9.17, 15) is 4.79 Å². The van der Waals surface area contributed by atoms with Crippen LogP contribution in [0.15, 0.2) is 0 Å². The van der Waals surface area contributed by atoms with Crippen molar-refractivity contribution in [3.05, 3.63) is 0 Å². The molecule has 0 unspecified atom stereocenters. The number of ketones is 1. The molecule has 0 radical (unpaired) electrons. The summed E-state index contributed by atoms with van der Waals surface area (Å²) in [5, 5.41) is 0. The van der Waals surface area contributed by atoms with Gasteiger partial charge < -0.3 is 4.74 Å². The summed E-state index contributed by atoms with van der Waals surface area (Å²) < 4.78 is 4.96. The van der Waals surface area contributed by atoms with Gasteiger partial charge in [0.25, 0.3) is 0 Å². The number of Topliss-reactive ketones (excluding diaryl/α,β-unsaturated/α-hetero) is 1. The van der Waals surface area contributed by atoms with Crippen LogP contribution < -0.4 is 0 Å². The van der Waals surface area contributed by atoms with E-state index in [-0.39, 0.29) is 0 Å². The first-order valence-electron chi connectivity index (χ1n) is 4.86. The van der Waals surface area contributed by atoms with Crippen LogP contribution in [0, 0.1) is 5.92 Å². The summed E-state index contributed by atoms with van der Waals surface area (Å²) in [4.78, 5) is 11.3. The highest BCUT2D eigenvalue weighted by molar-refractivity contribution is 5.81. The van der Waals surface area contributed by atoms with E-state index in [1.807, 2.05) is 0 Å². The molecule has 1 aliphatic carbocycles. The topological polar surface area (TPSA) is 26.3 Å². The highest BCUT2D eigenvalue weighted by atomic mass is 16.5. The third-order valence-electron chi connectivity index (χ3n) is 2.58. The molecule has 0 aromatic carbocycles. The summed E-state index contributed by atoms with van der Waals surface area (Å²) in [6.07, 6.45) is 6.35. The lowest BCUT2D eigenvalue weighted by atomic mass is 9.85. The second kappa shape index (κ2) is 5.31. The van der Waals surface area contributed by atoms with Gasteiger partial charge in [0, 0.05) is 26.1 Å². The molecule has 0 aliphatic heterocycles. The van der Waals surface area contributed by atoms with Crippen LogP contribution in [0.2, 0.25) is 0 Å². The molecule has 2 heteroatoms. The summed E-state index contributed by atoms with van der Waals surface area (Å²) in [5.41, 5.74) is 0. The summed E-state index contributed by atoms with van der Waals surface area (Å²) in [7, 11) is 1.71. The molecule has 1 rings (SSSR count). The van der Waals surface area contributed by atoms with Crippen molar-refractivity contribution in [3.63, 3.8) is 0 Å². The molecule has 0 heterocycles. The van der Waals surface area contributed by atoms with Crippen molar-refractivity contribution < 1.29 is 9.53 Å². The van der Waals surface area contributed by atoms with Crippen molar-refractivity contribution in [3.8, 4) is 0 Å². The Bertz CT molecular complexity index is 143. The first-order valence-corrected chi connectivity index (χ1v) is 4.86. The number of methoxy groups -OCH3 is 1. The fourth-order valence-electron chi connectivity index (χ4n) is 1.83. The highest BCUT2D eigenvalue weighted by Gasteiger charge is 2.20. The second-order valence-electron chi connectivity index (χ2n) is 3.54. The van der Waals surface area contributed by atoms with Crippen LogP contribution in [-0.2, 0) is 9.53 Å². The van der Waals surface area contributed by atoms with Crippen molar-refractivity contribution in [1.82, 2.24) is 0 Å². The number of ether oxygens (including phenoxy) is 1. The van der Waals surface area contributed by atoms with E-state index in [1.54, 1.807) is 7.11 Å². The number of rotatable bonds is 4. The van der Waals surface area contributed by atoms with Gasteiger partial charge in [-0.25, -0.2) is 0 Å². The molecule has 2 nitrogen and oxygen atoms in total. The molecule has 1 atom stereocenters. The van der Waals surface area contributed by atoms with Gasteiger partial charge in [0.05, 0.1) is 0 Å². The van der Waals surface area contributed by atoms with E-state index in [0.717, 1.165) is 38.7 Å². The normalized spacial score (nSPS) is 24.4. The lowest BCUT2D eigenvalue weighted by Crippen LogP contribution is -2.19. The maximum atomic E-state index is 11.3. The average molecular weight is 170 g/mol. The van der Waals surface area contributed by atoms with E-state index in [4.69, 9.17) is 4.74 Å². The molecule has 0 aromatic heterocycles. The fraction of sp³-hybridized carbons (Fsp3) is 0.900. The monoisotopic (exact) mass is 170 g/mol. The maximum absolute atomic E-state index is 11.3. The number of hydrogen-bond donors (Lipinski definition) is 0. The SMILES string of the molecule is COCCC[C@@H]1CCCCC1=O. The quantitative estimate of drug-likeness (QED) is 0.604. The van der Waals surface area contributed by atoms with Gasteiger partial charge in [-0.15, -0.1) is 0 Å². The Morgan fingerprint density at radius 2 is 2.33 bits per heavy atom. The van der Waals surface area contributed by atoms with E-state index >= 15 is 0 Å². The molecule has 0 bridgehead atoms. The Morgan fingerprint density at radius 3 is 3.00 bits per heavy atom. The summed E-state index contributed by atoms with van der Waals surface area (Å²) in [6, 6.07) is 0. The zero-order chi connectivity index (χ0) is 8.81. The van der Waals surface area contributed by atoms with Gasteiger partial charge in [-0.2, -0.15) is 0 Å². The lowest BCUT2D eigenvalue weighted by Gasteiger charge is -2.19. The molecular weight excluding hydrogens is 152 g/mol. The Kier molecular flexibility index (Phi) is 4.30. The molecule has 0 spiro atoms. The Hall–Kier alpha value is -0.370. The number of carbonyl (C=O) groups excluding carboxylic acids is 1. The zero-order valence-electron chi connectivity index (χ0n) is 7.84. The van der Waals surface area contributed by atoms with Gasteiger partial charge in [0.2, 0.25) is 0 Å². The average Bonchev–Trinajstić information content (AvgIpc) is 2.09. The predicted octanol–water partition coefficient (Wildman–Crippen LogP) is 2.17. The van der Waals surface area contributed by atoms with Crippen LogP contribution in [0.3, 0.4) is 0 Å². The molecule has 0 amide bonds. The van der Waals surface area contributed by atoms with Crippen LogP contribution in [0.4, 0.5) is 0 Å². The molecule has 1 saturated carbocycles. The Labute approximate surface area is 74.3 Å². The fourth-order valence-corrected chi connectivity index (χ4v) is 1.83. The second-order valence-corrected chi connectivity index (χ2v) is 3.54. The minimum atomic E-state index is 0.355. The van der Waals surface area contributed by atoms with E-state index in [2.05, 4.69) is 0 Å². The van der Waals surface area contributed by atoms with Gasteiger partial charge in [-0.05, 0) is 25.7 Å². The zero-order valence-corrected chi connectivity index (χ0v) is 7.84. The molecule has 0 N–H and O–H groups in total. The van der Waals surface area contributed by atoms with Crippen LogP contribution >= 0.6 is 0 Å². The van der Waals surface area contributed by atoms with Crippen molar-refractivity contribution in [2.75, 3.05) is 13.7 Å². The number of carbonyl (C=O) groups is 1. The molecule has 1 aliphatic rings. The predicted molar refractivity (Wildman–Crippen MR) is 48.1 cm³/mol. The first kappa shape index (κ1) is 9.72. The standard InChI is InChI=1S/C10H18O2/c1-12-8-4-6-9-5-2-3-7-10(9)11/h9H,2-8H2,1H3/t9-/m0/s1. The molecule has 0 aromatic rings. The number of hydrogen-bond acceptors (Lipinski definition) is 2. The highest BCUT2D eigenvalue weighted by Crippen LogP contribution is 2.24. The minimum Gasteiger partial charge on any atom is -0.385 e. The van der Waals surface area contributed by atoms with Gasteiger partial charge in [0.1, 0.15) is 5.78 Å². The molecule has 70 valence electrons. The van der Waals surface area contributed by atoms with E-state index in [0.29, 0.717) is 11.7 Å². The van der Waals surface area contributed by atoms with Gasteiger partial charge in [0.15, 0.2) is 0 Å². The maximum Gasteiger partial charge on any atom is 0.135 e. The minimum absolute atomic E-state index is 0.355. The summed E-state index contributed by atoms with van der Waals surface area (Å²) in [5.74, 6) is 0.839. The molecule has 0 saturated heterocycles. The molecule has 1 fully saturated rings. The van der Waals surface area contributed by atoms with E-state index < -0.39 is 0 Å². The van der Waals surface area contributed by atoms with Gasteiger partial charge in [-0.3, -0.25) is 4.79 Å². The van der Waals surface area contributed by atoms with Crippen molar-refractivity contribution in [2.24, 2.45) is 5.92 Å². The summed E-state index contributed by atoms with van der Waals surface area (Å²) >= 11 is 0. The van der Waals surface area contributed by atoms with Gasteiger partial charge >= 0.3 is 0 Å². The largest absolute Gasteiger partial charge is 0.385 e. The molecule has 12 heavy (non-hydrogen) atoms. The van der Waals surface area contributed by atoms with Crippen LogP contribution in [0.1, 0.15) is 38.5 Å². The third-order valence-corrected chi connectivity index (χ3v) is 2.58. The third kappa shape index (κ3) is 2.94. The van der Waals surface area contributed by atoms with Crippen LogP contribution in [-0.4, -0.2) is 19.5 Å². The van der Waals surface area contributed by atoms with E-state index in [1.165, 1.54) is 6.42 Å². The van der Waals surface area contributed by atoms with Crippen LogP contribution in [0.25, 0.3) is 0 Å². The van der Waals surface area contributed by atoms with Crippen molar-refractivity contribution in [2.45, 2.75) is 38.5 Å². The Morgan fingerprint density at radius 1 is 1.50 bits per heavy atom. The van der Waals surface area contributed by atoms with Gasteiger partial charge in [-0.1, -0.05) is 6.42 Å². The van der Waals surface area contributed by atoms with Crippen molar-refractivity contribution >= 4 is 5.78 Å².